The SMILES string of the molecule is CCC1CCCC(CN)(NN2CCCCC2)CC1. The van der Waals surface area contributed by atoms with Gasteiger partial charge >= 0.3 is 0 Å². The molecule has 3 heteroatoms. The fourth-order valence-electron chi connectivity index (χ4n) is 3.59. The lowest BCUT2D eigenvalue weighted by Crippen LogP contribution is -2.59. The summed E-state index contributed by atoms with van der Waals surface area (Å²) in [4.78, 5) is 0. The highest BCUT2D eigenvalue weighted by atomic mass is 15.5. The highest BCUT2D eigenvalue weighted by Gasteiger charge is 2.33. The van der Waals surface area contributed by atoms with Crippen molar-refractivity contribution >= 4 is 0 Å². The number of hydrogen-bond acceptors (Lipinski definition) is 3. The van der Waals surface area contributed by atoms with Gasteiger partial charge in [0.25, 0.3) is 0 Å². The van der Waals surface area contributed by atoms with E-state index in [1.165, 1.54) is 70.9 Å². The molecule has 2 fully saturated rings. The van der Waals surface area contributed by atoms with Gasteiger partial charge in [0, 0.05) is 25.2 Å². The van der Waals surface area contributed by atoms with Crippen molar-refractivity contribution in [1.29, 1.82) is 0 Å². The molecule has 2 atom stereocenters. The van der Waals surface area contributed by atoms with E-state index in [2.05, 4.69) is 17.4 Å². The van der Waals surface area contributed by atoms with Crippen LogP contribution in [0.4, 0.5) is 0 Å². The molecule has 3 N–H and O–H groups in total. The van der Waals surface area contributed by atoms with Crippen LogP contribution in [0.2, 0.25) is 0 Å². The van der Waals surface area contributed by atoms with E-state index in [4.69, 9.17) is 5.73 Å². The van der Waals surface area contributed by atoms with Crippen LogP contribution in [0.5, 0.6) is 0 Å². The molecule has 2 unspecified atom stereocenters. The maximum atomic E-state index is 6.12. The Hall–Kier alpha value is -0.120. The van der Waals surface area contributed by atoms with Crippen LogP contribution >= 0.6 is 0 Å². The summed E-state index contributed by atoms with van der Waals surface area (Å²) in [7, 11) is 0. The largest absolute Gasteiger partial charge is 0.329 e. The predicted molar refractivity (Wildman–Crippen MR) is 77.2 cm³/mol. The zero-order valence-corrected chi connectivity index (χ0v) is 12.1. The predicted octanol–water partition coefficient (Wildman–Crippen LogP) is 2.66. The Morgan fingerprint density at radius 3 is 2.56 bits per heavy atom. The molecule has 0 aromatic rings. The zero-order valence-electron chi connectivity index (χ0n) is 12.1. The molecule has 1 saturated carbocycles. The van der Waals surface area contributed by atoms with Gasteiger partial charge in [-0.1, -0.05) is 32.6 Å². The van der Waals surface area contributed by atoms with Crippen LogP contribution in [0.25, 0.3) is 0 Å². The molecule has 0 radical (unpaired) electrons. The van der Waals surface area contributed by atoms with E-state index >= 15 is 0 Å². The van der Waals surface area contributed by atoms with Crippen LogP contribution in [-0.2, 0) is 0 Å². The normalized spacial score (nSPS) is 35.3. The van der Waals surface area contributed by atoms with Crippen molar-refractivity contribution < 1.29 is 0 Å². The standard InChI is InChI=1S/C15H31N3/c1-2-14-7-6-9-15(13-16,10-8-14)17-18-11-4-3-5-12-18/h14,17H,2-13,16H2,1H3. The van der Waals surface area contributed by atoms with Gasteiger partial charge in [0.2, 0.25) is 0 Å². The van der Waals surface area contributed by atoms with Crippen molar-refractivity contribution in [2.24, 2.45) is 11.7 Å². The van der Waals surface area contributed by atoms with Crippen LogP contribution in [0.1, 0.15) is 64.7 Å². The average Bonchev–Trinajstić information content (AvgIpc) is 2.63. The first-order chi connectivity index (χ1) is 8.78. The molecule has 1 aliphatic carbocycles. The second-order valence-electron chi connectivity index (χ2n) is 6.35. The van der Waals surface area contributed by atoms with Crippen molar-refractivity contribution in [2.45, 2.75) is 70.3 Å². The number of nitrogens with two attached hydrogens (primary N) is 1. The Morgan fingerprint density at radius 2 is 1.89 bits per heavy atom. The topological polar surface area (TPSA) is 41.3 Å². The van der Waals surface area contributed by atoms with Gasteiger partial charge < -0.3 is 5.73 Å². The monoisotopic (exact) mass is 253 g/mol. The van der Waals surface area contributed by atoms with E-state index in [0.717, 1.165) is 12.5 Å². The van der Waals surface area contributed by atoms with Crippen molar-refractivity contribution in [3.05, 3.63) is 0 Å². The molecule has 106 valence electrons. The van der Waals surface area contributed by atoms with Gasteiger partial charge in [-0.3, -0.25) is 0 Å². The maximum absolute atomic E-state index is 6.12. The maximum Gasteiger partial charge on any atom is 0.0448 e. The summed E-state index contributed by atoms with van der Waals surface area (Å²) in [6.45, 7) is 5.54. The van der Waals surface area contributed by atoms with E-state index in [9.17, 15) is 0 Å². The van der Waals surface area contributed by atoms with E-state index in [1.54, 1.807) is 0 Å². The fourth-order valence-corrected chi connectivity index (χ4v) is 3.59. The first kappa shape index (κ1) is 14.3. The van der Waals surface area contributed by atoms with Crippen molar-refractivity contribution in [1.82, 2.24) is 10.4 Å². The number of nitrogens with one attached hydrogen (secondary N) is 1. The molecule has 2 aliphatic rings. The van der Waals surface area contributed by atoms with E-state index < -0.39 is 0 Å². The Labute approximate surface area is 112 Å². The third-order valence-corrected chi connectivity index (χ3v) is 5.02. The summed E-state index contributed by atoms with van der Waals surface area (Å²) in [5.74, 6) is 0.932. The quantitative estimate of drug-likeness (QED) is 0.757. The van der Waals surface area contributed by atoms with Crippen molar-refractivity contribution in [3.63, 3.8) is 0 Å². The molecule has 0 bridgehead atoms. The third kappa shape index (κ3) is 3.69. The zero-order chi connectivity index (χ0) is 12.8. The van der Waals surface area contributed by atoms with Gasteiger partial charge in [-0.25, -0.2) is 10.4 Å². The number of hydrogen-bond donors (Lipinski definition) is 2. The van der Waals surface area contributed by atoms with Crippen LogP contribution in [0.15, 0.2) is 0 Å². The molecule has 0 amide bonds. The molecule has 0 aromatic heterocycles. The first-order valence-corrected chi connectivity index (χ1v) is 8.01. The van der Waals surface area contributed by atoms with Crippen molar-refractivity contribution in [3.8, 4) is 0 Å². The van der Waals surface area contributed by atoms with Crippen LogP contribution in [-0.4, -0.2) is 30.2 Å². The molecule has 1 heterocycles. The molecule has 0 aromatic carbocycles. The number of hydrazine groups is 1. The molecule has 18 heavy (non-hydrogen) atoms. The smallest absolute Gasteiger partial charge is 0.0448 e. The molecule has 1 aliphatic heterocycles. The van der Waals surface area contributed by atoms with Gasteiger partial charge in [-0.15, -0.1) is 0 Å². The van der Waals surface area contributed by atoms with Crippen LogP contribution < -0.4 is 11.2 Å². The van der Waals surface area contributed by atoms with Gasteiger partial charge in [-0.05, 0) is 38.0 Å². The van der Waals surface area contributed by atoms with E-state index in [-0.39, 0.29) is 5.54 Å². The Balaban J connectivity index is 1.91. The molecule has 1 saturated heterocycles. The lowest BCUT2D eigenvalue weighted by atomic mass is 9.90. The summed E-state index contributed by atoms with van der Waals surface area (Å²) in [5, 5.41) is 2.45. The third-order valence-electron chi connectivity index (χ3n) is 5.02. The van der Waals surface area contributed by atoms with Crippen molar-refractivity contribution in [2.75, 3.05) is 19.6 Å². The van der Waals surface area contributed by atoms with E-state index in [0.29, 0.717) is 0 Å². The molecular formula is C15H31N3. The molecule has 2 rings (SSSR count). The first-order valence-electron chi connectivity index (χ1n) is 8.01. The van der Waals surface area contributed by atoms with Gasteiger partial charge in [0.1, 0.15) is 0 Å². The van der Waals surface area contributed by atoms with Crippen LogP contribution in [0, 0.1) is 5.92 Å². The Kier molecular flexibility index (Phi) is 5.46. The minimum atomic E-state index is 0.196. The lowest BCUT2D eigenvalue weighted by Gasteiger charge is -2.40. The summed E-state index contributed by atoms with van der Waals surface area (Å²) in [5.41, 5.74) is 10.1. The molecular weight excluding hydrogens is 222 g/mol. The second kappa shape index (κ2) is 6.88. The number of piperidine rings is 1. The van der Waals surface area contributed by atoms with Gasteiger partial charge in [0.15, 0.2) is 0 Å². The van der Waals surface area contributed by atoms with E-state index in [1.807, 2.05) is 0 Å². The molecule has 3 nitrogen and oxygen atoms in total. The van der Waals surface area contributed by atoms with Crippen LogP contribution in [0.3, 0.4) is 0 Å². The Morgan fingerprint density at radius 1 is 1.11 bits per heavy atom. The highest BCUT2D eigenvalue weighted by Crippen LogP contribution is 2.32. The second-order valence-corrected chi connectivity index (χ2v) is 6.35. The number of rotatable bonds is 4. The summed E-state index contributed by atoms with van der Waals surface area (Å²) >= 11 is 0. The molecule has 0 spiro atoms. The average molecular weight is 253 g/mol. The lowest BCUT2D eigenvalue weighted by molar-refractivity contribution is 0.0736. The number of nitrogens with zero attached hydrogens (tertiary/aromatic N) is 1. The summed E-state index contributed by atoms with van der Waals surface area (Å²) in [6, 6.07) is 0. The minimum absolute atomic E-state index is 0.196. The Bertz CT molecular complexity index is 238. The summed E-state index contributed by atoms with van der Waals surface area (Å²) < 4.78 is 0. The van der Waals surface area contributed by atoms with Gasteiger partial charge in [-0.2, -0.15) is 0 Å². The van der Waals surface area contributed by atoms with Gasteiger partial charge in [0.05, 0.1) is 0 Å². The fraction of sp³-hybridized carbons (Fsp3) is 1.00. The summed E-state index contributed by atoms with van der Waals surface area (Å²) in [6.07, 6.45) is 12.0. The minimum Gasteiger partial charge on any atom is -0.329 e. The highest BCUT2D eigenvalue weighted by molar-refractivity contribution is 4.91.